The Bertz CT molecular complexity index is 1050. The average Bonchev–Trinajstić information content (AvgIpc) is 3.25. The topological polar surface area (TPSA) is 138 Å². The summed E-state index contributed by atoms with van der Waals surface area (Å²) in [6.45, 7) is 7.58. The zero-order valence-electron chi connectivity index (χ0n) is 17.3. The number of allylic oxidation sites excluding steroid dienone is 1. The van der Waals surface area contributed by atoms with Crippen LogP contribution in [0.25, 0.3) is 11.1 Å². The van der Waals surface area contributed by atoms with Crippen molar-refractivity contribution < 1.29 is 19.1 Å². The first-order valence-corrected chi connectivity index (χ1v) is 9.49. The van der Waals surface area contributed by atoms with E-state index in [1.165, 1.54) is 0 Å². The number of alkyl carbamates (subject to hydrolysis) is 1. The van der Waals surface area contributed by atoms with Crippen molar-refractivity contribution in [3.8, 4) is 0 Å². The van der Waals surface area contributed by atoms with Gasteiger partial charge >= 0.3 is 12.1 Å². The Kier molecular flexibility index (Phi) is 5.55. The summed E-state index contributed by atoms with van der Waals surface area (Å²) < 4.78 is 4.97. The van der Waals surface area contributed by atoms with Gasteiger partial charge in [-0.1, -0.05) is 0 Å². The highest BCUT2D eigenvalue weighted by atomic mass is 16.5. The largest absolute Gasteiger partial charge is 0.450 e. The normalized spacial score (nSPS) is 14.6. The molecule has 0 bridgehead atoms. The molecule has 0 spiro atoms. The maximum absolute atomic E-state index is 12.6. The zero-order chi connectivity index (χ0) is 22.1. The van der Waals surface area contributed by atoms with Crippen LogP contribution in [-0.4, -0.2) is 29.6 Å². The van der Waals surface area contributed by atoms with Crippen LogP contribution in [0.4, 0.5) is 21.0 Å². The third kappa shape index (κ3) is 4.14. The van der Waals surface area contributed by atoms with Crippen molar-refractivity contribution in [2.45, 2.75) is 33.2 Å². The Balaban J connectivity index is 1.95. The molecule has 6 N–H and O–H groups in total. The highest BCUT2D eigenvalue weighted by Gasteiger charge is 2.29. The number of aromatic amines is 1. The van der Waals surface area contributed by atoms with Crippen LogP contribution in [0.2, 0.25) is 0 Å². The average molecular weight is 411 g/mol. The number of carbonyl (C=O) groups is 3. The van der Waals surface area contributed by atoms with E-state index in [1.54, 1.807) is 31.3 Å². The molecule has 158 valence electrons. The summed E-state index contributed by atoms with van der Waals surface area (Å²) in [5.74, 6) is -0.237. The summed E-state index contributed by atoms with van der Waals surface area (Å²) in [5, 5.41) is 8.16. The molecule has 4 amide bonds. The number of nitrogens with one attached hydrogen (secondary N) is 4. The summed E-state index contributed by atoms with van der Waals surface area (Å²) in [6, 6.07) is 6.28. The molecule has 1 aliphatic rings. The van der Waals surface area contributed by atoms with E-state index in [0.29, 0.717) is 22.5 Å². The van der Waals surface area contributed by atoms with E-state index in [1.807, 2.05) is 26.8 Å². The first kappa shape index (κ1) is 21.0. The number of nitrogens with two attached hydrogens (primary N) is 1. The van der Waals surface area contributed by atoms with Crippen molar-refractivity contribution in [1.82, 2.24) is 10.3 Å². The molecule has 3 rings (SSSR count). The van der Waals surface area contributed by atoms with Crippen molar-refractivity contribution >= 4 is 40.6 Å². The van der Waals surface area contributed by atoms with Gasteiger partial charge in [-0.05, 0) is 63.1 Å². The van der Waals surface area contributed by atoms with Crippen molar-refractivity contribution in [2.75, 3.05) is 17.2 Å². The number of carbonyl (C=O) groups excluding carboxylic acids is 3. The summed E-state index contributed by atoms with van der Waals surface area (Å²) >= 11 is 0. The Hall–Kier alpha value is -3.75. The van der Waals surface area contributed by atoms with E-state index in [9.17, 15) is 14.4 Å². The second kappa shape index (κ2) is 7.94. The number of hydrogen-bond acceptors (Lipinski definition) is 4. The SMILES string of the molecule is CCOC(=O)NC(C)(C)c1c[nH]c(C(C)=C2C(=O)Nc3ccc(NC(N)=O)cc32)c1. The fraction of sp³-hybridized carbons (Fsp3) is 0.286. The summed E-state index contributed by atoms with van der Waals surface area (Å²) in [6.07, 6.45) is 1.28. The molecule has 0 unspecified atom stereocenters. The fourth-order valence-electron chi connectivity index (χ4n) is 3.36. The molecule has 2 heterocycles. The zero-order valence-corrected chi connectivity index (χ0v) is 17.3. The molecule has 0 atom stereocenters. The van der Waals surface area contributed by atoms with Crippen molar-refractivity contribution in [3.63, 3.8) is 0 Å². The highest BCUT2D eigenvalue weighted by Crippen LogP contribution is 2.38. The molecule has 0 saturated heterocycles. The molecule has 0 aliphatic carbocycles. The van der Waals surface area contributed by atoms with Crippen LogP contribution in [0.3, 0.4) is 0 Å². The molecule has 0 saturated carbocycles. The van der Waals surface area contributed by atoms with Gasteiger partial charge in [0.1, 0.15) is 0 Å². The predicted molar refractivity (Wildman–Crippen MR) is 115 cm³/mol. The smallest absolute Gasteiger partial charge is 0.407 e. The van der Waals surface area contributed by atoms with E-state index in [0.717, 1.165) is 16.8 Å². The molecular weight excluding hydrogens is 386 g/mol. The maximum Gasteiger partial charge on any atom is 0.407 e. The number of H-pyrrole nitrogens is 1. The summed E-state index contributed by atoms with van der Waals surface area (Å²) in [4.78, 5) is 38.8. The minimum atomic E-state index is -0.681. The highest BCUT2D eigenvalue weighted by molar-refractivity contribution is 6.36. The molecule has 9 heteroatoms. The van der Waals surface area contributed by atoms with Crippen LogP contribution in [0, 0.1) is 0 Å². The fourth-order valence-corrected chi connectivity index (χ4v) is 3.36. The number of anilines is 2. The van der Waals surface area contributed by atoms with Crippen molar-refractivity contribution in [3.05, 3.63) is 47.3 Å². The Morgan fingerprint density at radius 3 is 2.63 bits per heavy atom. The lowest BCUT2D eigenvalue weighted by atomic mass is 9.95. The summed E-state index contributed by atoms with van der Waals surface area (Å²) in [5.41, 5.74) is 9.10. The minimum absolute atomic E-state index is 0.237. The van der Waals surface area contributed by atoms with E-state index in [-0.39, 0.29) is 12.5 Å². The van der Waals surface area contributed by atoms with Gasteiger partial charge in [0.2, 0.25) is 0 Å². The Morgan fingerprint density at radius 1 is 1.23 bits per heavy atom. The third-order valence-electron chi connectivity index (χ3n) is 4.91. The number of hydrogen-bond donors (Lipinski definition) is 5. The van der Waals surface area contributed by atoms with Gasteiger partial charge in [-0.15, -0.1) is 0 Å². The molecule has 2 aromatic rings. The van der Waals surface area contributed by atoms with E-state index >= 15 is 0 Å². The molecule has 1 aromatic carbocycles. The van der Waals surface area contributed by atoms with Gasteiger partial charge in [-0.25, -0.2) is 9.59 Å². The number of amides is 4. The number of fused-ring (bicyclic) bond motifs is 1. The van der Waals surface area contributed by atoms with Gasteiger partial charge in [-0.3, -0.25) is 4.79 Å². The van der Waals surface area contributed by atoms with E-state index in [2.05, 4.69) is 20.9 Å². The Morgan fingerprint density at radius 2 is 1.97 bits per heavy atom. The second-order valence-corrected chi connectivity index (χ2v) is 7.48. The van der Waals surface area contributed by atoms with Gasteiger partial charge in [-0.2, -0.15) is 0 Å². The first-order valence-electron chi connectivity index (χ1n) is 9.49. The van der Waals surface area contributed by atoms with Crippen LogP contribution in [0.1, 0.15) is 44.5 Å². The molecular formula is C21H25N5O4. The van der Waals surface area contributed by atoms with Gasteiger partial charge in [0.05, 0.1) is 17.7 Å². The number of aromatic nitrogens is 1. The molecule has 1 aromatic heterocycles. The third-order valence-corrected chi connectivity index (χ3v) is 4.91. The van der Waals surface area contributed by atoms with Crippen LogP contribution in [0.5, 0.6) is 0 Å². The second-order valence-electron chi connectivity index (χ2n) is 7.48. The van der Waals surface area contributed by atoms with E-state index in [4.69, 9.17) is 10.5 Å². The minimum Gasteiger partial charge on any atom is -0.450 e. The Labute approximate surface area is 174 Å². The quantitative estimate of drug-likeness (QED) is 0.481. The van der Waals surface area contributed by atoms with Crippen LogP contribution < -0.4 is 21.7 Å². The lowest BCUT2D eigenvalue weighted by Crippen LogP contribution is -2.41. The molecule has 0 radical (unpaired) electrons. The van der Waals surface area contributed by atoms with Crippen LogP contribution >= 0.6 is 0 Å². The predicted octanol–water partition coefficient (Wildman–Crippen LogP) is 3.37. The maximum atomic E-state index is 12.6. The monoisotopic (exact) mass is 411 g/mol. The lowest BCUT2D eigenvalue weighted by Gasteiger charge is -2.24. The number of ether oxygens (including phenoxy) is 1. The standard InChI is InChI=1S/C21H25N5O4/c1-5-30-20(29)26-21(3,4)12-8-16(23-10-12)11(2)17-14-9-13(24-19(22)28)6-7-15(14)25-18(17)27/h6-10,23H,5H2,1-4H3,(H,25,27)(H,26,29)(H3,22,24,28). The first-order chi connectivity index (χ1) is 14.1. The van der Waals surface area contributed by atoms with Crippen molar-refractivity contribution in [2.24, 2.45) is 5.73 Å². The van der Waals surface area contributed by atoms with Gasteiger partial charge in [0.25, 0.3) is 5.91 Å². The number of primary amides is 1. The molecule has 1 aliphatic heterocycles. The van der Waals surface area contributed by atoms with Gasteiger partial charge in [0.15, 0.2) is 0 Å². The van der Waals surface area contributed by atoms with E-state index < -0.39 is 17.7 Å². The molecule has 0 fully saturated rings. The molecule has 30 heavy (non-hydrogen) atoms. The van der Waals surface area contributed by atoms with Gasteiger partial charge in [0, 0.05) is 28.8 Å². The number of benzene rings is 1. The summed E-state index contributed by atoms with van der Waals surface area (Å²) in [7, 11) is 0. The number of urea groups is 1. The van der Waals surface area contributed by atoms with Gasteiger partial charge < -0.3 is 31.4 Å². The van der Waals surface area contributed by atoms with Crippen LogP contribution in [0.15, 0.2) is 30.5 Å². The lowest BCUT2D eigenvalue weighted by molar-refractivity contribution is -0.110. The van der Waals surface area contributed by atoms with Crippen LogP contribution in [-0.2, 0) is 15.1 Å². The molecule has 9 nitrogen and oxygen atoms in total. The number of rotatable bonds is 5. The van der Waals surface area contributed by atoms with Crippen molar-refractivity contribution in [1.29, 1.82) is 0 Å².